The first-order chi connectivity index (χ1) is 6.25. The van der Waals surface area contributed by atoms with E-state index in [0.29, 0.717) is 5.56 Å². The third-order valence-corrected chi connectivity index (χ3v) is 1.79. The van der Waals surface area contributed by atoms with Crippen molar-refractivity contribution in [3.8, 4) is 0 Å². The van der Waals surface area contributed by atoms with Crippen LogP contribution >= 0.6 is 0 Å². The molecule has 13 heavy (non-hydrogen) atoms. The highest BCUT2D eigenvalue weighted by Crippen LogP contribution is 2.12. The van der Waals surface area contributed by atoms with Gasteiger partial charge in [0.2, 0.25) is 0 Å². The van der Waals surface area contributed by atoms with Gasteiger partial charge in [0.15, 0.2) is 0 Å². The second kappa shape index (κ2) is 3.02. The summed E-state index contributed by atoms with van der Waals surface area (Å²) in [6.45, 7) is 0. The quantitative estimate of drug-likeness (QED) is 0.595. The van der Waals surface area contributed by atoms with Crippen LogP contribution in [0.1, 0.15) is 11.7 Å². The summed E-state index contributed by atoms with van der Waals surface area (Å²) in [6.07, 6.45) is -0.358. The molecule has 0 saturated carbocycles. The van der Waals surface area contributed by atoms with E-state index in [9.17, 15) is 9.18 Å². The van der Waals surface area contributed by atoms with Gasteiger partial charge >= 0.3 is 6.03 Å². The van der Waals surface area contributed by atoms with Crippen molar-refractivity contribution in [2.45, 2.75) is 6.17 Å². The number of carbonyl (C=O) groups excluding carboxylic acids is 1. The van der Waals surface area contributed by atoms with Crippen molar-refractivity contribution in [2.24, 2.45) is 0 Å². The Morgan fingerprint density at radius 1 is 1.38 bits per heavy atom. The van der Waals surface area contributed by atoms with Gasteiger partial charge in [-0.1, -0.05) is 12.1 Å². The van der Waals surface area contributed by atoms with E-state index in [1.165, 1.54) is 12.1 Å². The summed E-state index contributed by atoms with van der Waals surface area (Å²) in [6, 6.07) is 5.73. The van der Waals surface area contributed by atoms with E-state index in [1.54, 1.807) is 12.1 Å². The first-order valence-corrected chi connectivity index (χ1v) is 3.83. The molecule has 4 nitrogen and oxygen atoms in total. The molecule has 1 fully saturated rings. The minimum absolute atomic E-state index is 0.311. The molecule has 0 aromatic heterocycles. The average Bonchev–Trinajstić information content (AvgIpc) is 2.52. The van der Waals surface area contributed by atoms with Crippen LogP contribution in [0.3, 0.4) is 0 Å². The predicted octanol–water partition coefficient (Wildman–Crippen LogP) is 0.642. The maximum absolute atomic E-state index is 12.8. The molecule has 1 aromatic rings. The third kappa shape index (κ3) is 1.59. The van der Waals surface area contributed by atoms with Crippen LogP contribution in [0.5, 0.6) is 0 Å². The van der Waals surface area contributed by atoms with Crippen LogP contribution < -0.4 is 16.2 Å². The van der Waals surface area contributed by atoms with Crippen LogP contribution in [0.15, 0.2) is 24.3 Å². The Morgan fingerprint density at radius 3 is 2.85 bits per heavy atom. The third-order valence-electron chi connectivity index (χ3n) is 1.79. The van der Waals surface area contributed by atoms with Crippen LogP contribution in [0.4, 0.5) is 9.18 Å². The number of urea groups is 1. The second-order valence-corrected chi connectivity index (χ2v) is 2.73. The van der Waals surface area contributed by atoms with E-state index in [-0.39, 0.29) is 18.0 Å². The molecule has 1 heterocycles. The molecular formula is C8H8FN3O. The molecule has 1 atom stereocenters. The molecule has 1 aliphatic rings. The maximum Gasteiger partial charge on any atom is 0.330 e. The molecule has 2 rings (SSSR count). The Kier molecular flexibility index (Phi) is 1.86. The molecule has 1 saturated heterocycles. The molecule has 68 valence electrons. The van der Waals surface area contributed by atoms with Gasteiger partial charge in [-0.05, 0) is 17.7 Å². The predicted molar refractivity (Wildman–Crippen MR) is 43.9 cm³/mol. The van der Waals surface area contributed by atoms with Crippen molar-refractivity contribution in [1.82, 2.24) is 16.2 Å². The zero-order chi connectivity index (χ0) is 9.26. The van der Waals surface area contributed by atoms with Crippen LogP contribution in [0.2, 0.25) is 0 Å². The summed E-state index contributed by atoms with van der Waals surface area (Å²) in [7, 11) is 0. The Hall–Kier alpha value is -1.62. The van der Waals surface area contributed by atoms with E-state index in [0.717, 1.165) is 0 Å². The lowest BCUT2D eigenvalue weighted by Crippen LogP contribution is -2.26. The molecule has 0 radical (unpaired) electrons. The van der Waals surface area contributed by atoms with Gasteiger partial charge in [0.05, 0.1) is 0 Å². The standard InChI is InChI=1S/C8H8FN3O/c9-6-3-1-2-5(4-6)7-10-8(13)12-11-7/h1-4,7,11H,(H2,10,12,13). The molecule has 5 heteroatoms. The molecule has 2 amide bonds. The summed E-state index contributed by atoms with van der Waals surface area (Å²) >= 11 is 0. The van der Waals surface area contributed by atoms with Gasteiger partial charge in [0.1, 0.15) is 12.0 Å². The van der Waals surface area contributed by atoms with Crippen LogP contribution in [0, 0.1) is 5.82 Å². The zero-order valence-electron chi connectivity index (χ0n) is 6.67. The van der Waals surface area contributed by atoms with Crippen molar-refractivity contribution in [3.05, 3.63) is 35.6 Å². The van der Waals surface area contributed by atoms with Crippen LogP contribution in [-0.2, 0) is 0 Å². The number of halogens is 1. The molecular weight excluding hydrogens is 173 g/mol. The summed E-state index contributed by atoms with van der Waals surface area (Å²) in [5, 5.41) is 2.57. The Morgan fingerprint density at radius 2 is 2.23 bits per heavy atom. The highest BCUT2D eigenvalue weighted by atomic mass is 19.1. The minimum atomic E-state index is -0.358. The highest BCUT2D eigenvalue weighted by Gasteiger charge is 2.20. The summed E-state index contributed by atoms with van der Waals surface area (Å²) in [5.74, 6) is -0.319. The number of amides is 2. The topological polar surface area (TPSA) is 53.2 Å². The average molecular weight is 181 g/mol. The molecule has 1 aliphatic heterocycles. The van der Waals surface area contributed by atoms with Crippen molar-refractivity contribution in [2.75, 3.05) is 0 Å². The Bertz CT molecular complexity index is 342. The van der Waals surface area contributed by atoms with E-state index in [2.05, 4.69) is 16.2 Å². The molecule has 0 bridgehead atoms. The largest absolute Gasteiger partial charge is 0.330 e. The Balaban J connectivity index is 2.21. The van der Waals surface area contributed by atoms with Crippen LogP contribution in [-0.4, -0.2) is 6.03 Å². The van der Waals surface area contributed by atoms with Gasteiger partial charge in [-0.2, -0.15) is 0 Å². The second-order valence-electron chi connectivity index (χ2n) is 2.73. The fourth-order valence-corrected chi connectivity index (χ4v) is 1.19. The number of hydrogen-bond donors (Lipinski definition) is 3. The SMILES string of the molecule is O=C1NNC(c2cccc(F)c2)N1. The number of rotatable bonds is 1. The highest BCUT2D eigenvalue weighted by molar-refractivity contribution is 5.75. The van der Waals surface area contributed by atoms with Gasteiger partial charge < -0.3 is 5.32 Å². The summed E-state index contributed by atoms with van der Waals surface area (Å²) in [5.41, 5.74) is 5.72. The van der Waals surface area contributed by atoms with Gasteiger partial charge in [0, 0.05) is 0 Å². The zero-order valence-corrected chi connectivity index (χ0v) is 6.67. The van der Waals surface area contributed by atoms with Gasteiger partial charge in [-0.15, -0.1) is 0 Å². The molecule has 1 aromatic carbocycles. The molecule has 1 unspecified atom stereocenters. The number of hydrazine groups is 1. The summed E-state index contributed by atoms with van der Waals surface area (Å²) in [4.78, 5) is 10.7. The smallest absolute Gasteiger partial charge is 0.316 e. The van der Waals surface area contributed by atoms with Crippen molar-refractivity contribution in [3.63, 3.8) is 0 Å². The Labute approximate surface area is 74.1 Å². The summed E-state index contributed by atoms with van der Waals surface area (Å²) < 4.78 is 12.8. The lowest BCUT2D eigenvalue weighted by molar-refractivity contribution is 0.247. The van der Waals surface area contributed by atoms with E-state index in [1.807, 2.05) is 0 Å². The van der Waals surface area contributed by atoms with Gasteiger partial charge in [-0.25, -0.2) is 14.6 Å². The maximum atomic E-state index is 12.8. The number of benzene rings is 1. The minimum Gasteiger partial charge on any atom is -0.316 e. The molecule has 3 N–H and O–H groups in total. The van der Waals surface area contributed by atoms with Gasteiger partial charge in [-0.3, -0.25) is 5.43 Å². The normalized spacial score (nSPS) is 21.0. The van der Waals surface area contributed by atoms with Gasteiger partial charge in [0.25, 0.3) is 0 Å². The first-order valence-electron chi connectivity index (χ1n) is 3.83. The number of nitrogens with one attached hydrogen (secondary N) is 3. The van der Waals surface area contributed by atoms with Crippen molar-refractivity contribution < 1.29 is 9.18 Å². The fourth-order valence-electron chi connectivity index (χ4n) is 1.19. The number of hydrogen-bond acceptors (Lipinski definition) is 2. The van der Waals surface area contributed by atoms with Crippen molar-refractivity contribution >= 4 is 6.03 Å². The van der Waals surface area contributed by atoms with E-state index in [4.69, 9.17) is 0 Å². The number of carbonyl (C=O) groups is 1. The first kappa shape index (κ1) is 8.00. The van der Waals surface area contributed by atoms with Crippen LogP contribution in [0.25, 0.3) is 0 Å². The molecule has 0 aliphatic carbocycles. The fraction of sp³-hybridized carbons (Fsp3) is 0.125. The lowest BCUT2D eigenvalue weighted by atomic mass is 10.2. The van der Waals surface area contributed by atoms with E-state index < -0.39 is 0 Å². The molecule has 0 spiro atoms. The monoisotopic (exact) mass is 181 g/mol. The lowest BCUT2D eigenvalue weighted by Gasteiger charge is -2.08. The van der Waals surface area contributed by atoms with E-state index >= 15 is 0 Å². The van der Waals surface area contributed by atoms with Crippen molar-refractivity contribution in [1.29, 1.82) is 0 Å².